The number of aryl methyl sites for hydroxylation is 1. The Morgan fingerprint density at radius 1 is 1.33 bits per heavy atom. The van der Waals surface area contributed by atoms with Crippen molar-refractivity contribution in [2.45, 2.75) is 6.43 Å². The number of anilines is 1. The van der Waals surface area contributed by atoms with E-state index in [2.05, 4.69) is 15.5 Å². The Morgan fingerprint density at radius 3 is 2.50 bits per heavy atom. The van der Waals surface area contributed by atoms with E-state index in [0.717, 1.165) is 5.56 Å². The topological polar surface area (TPSA) is 59.8 Å². The SMILES string of the molecule is Cn1cnnc1-c1ccc(NC(=O)C(F)F)cc1. The number of nitrogens with zero attached hydrogens (tertiary/aromatic N) is 3. The minimum absolute atomic E-state index is 0.311. The molecule has 1 amide bonds. The van der Waals surface area contributed by atoms with Crippen LogP contribution in [0, 0.1) is 0 Å². The molecule has 18 heavy (non-hydrogen) atoms. The quantitative estimate of drug-likeness (QED) is 0.904. The van der Waals surface area contributed by atoms with E-state index in [1.807, 2.05) is 0 Å². The average molecular weight is 252 g/mol. The van der Waals surface area contributed by atoms with Gasteiger partial charge in [0.05, 0.1) is 0 Å². The molecule has 0 aliphatic carbocycles. The van der Waals surface area contributed by atoms with Gasteiger partial charge in [-0.25, -0.2) is 0 Å². The number of hydrogen-bond donors (Lipinski definition) is 1. The molecule has 0 aliphatic rings. The van der Waals surface area contributed by atoms with Crippen LogP contribution in [0.15, 0.2) is 30.6 Å². The number of amides is 1. The van der Waals surface area contributed by atoms with Crippen LogP contribution >= 0.6 is 0 Å². The van der Waals surface area contributed by atoms with Crippen molar-refractivity contribution >= 4 is 11.6 Å². The first-order valence-electron chi connectivity index (χ1n) is 5.11. The van der Waals surface area contributed by atoms with Gasteiger partial charge in [-0.3, -0.25) is 4.79 Å². The molecule has 1 heterocycles. The molecule has 0 spiro atoms. The molecular formula is C11H10F2N4O. The van der Waals surface area contributed by atoms with Crippen molar-refractivity contribution in [3.05, 3.63) is 30.6 Å². The zero-order valence-electron chi connectivity index (χ0n) is 9.47. The predicted octanol–water partition coefficient (Wildman–Crippen LogP) is 1.69. The van der Waals surface area contributed by atoms with E-state index in [4.69, 9.17) is 0 Å². The van der Waals surface area contributed by atoms with Gasteiger partial charge in [-0.2, -0.15) is 8.78 Å². The summed E-state index contributed by atoms with van der Waals surface area (Å²) >= 11 is 0. The number of aromatic nitrogens is 3. The van der Waals surface area contributed by atoms with E-state index < -0.39 is 12.3 Å². The fourth-order valence-electron chi connectivity index (χ4n) is 1.44. The number of benzene rings is 1. The summed E-state index contributed by atoms with van der Waals surface area (Å²) < 4.78 is 25.8. The number of alkyl halides is 2. The molecule has 0 atom stereocenters. The normalized spacial score (nSPS) is 10.7. The number of carbonyl (C=O) groups excluding carboxylic acids is 1. The van der Waals surface area contributed by atoms with Crippen LogP contribution in [0.3, 0.4) is 0 Å². The van der Waals surface area contributed by atoms with Gasteiger partial charge in [0.25, 0.3) is 5.91 Å². The maximum atomic E-state index is 12.0. The Kier molecular flexibility index (Phi) is 3.31. The highest BCUT2D eigenvalue weighted by Crippen LogP contribution is 2.18. The Hall–Kier alpha value is -2.31. The van der Waals surface area contributed by atoms with E-state index >= 15 is 0 Å². The molecule has 94 valence electrons. The first-order chi connectivity index (χ1) is 8.58. The molecule has 0 fully saturated rings. The predicted molar refractivity (Wildman–Crippen MR) is 61.1 cm³/mol. The third-order valence-electron chi connectivity index (χ3n) is 2.32. The second kappa shape index (κ2) is 4.91. The maximum Gasteiger partial charge on any atom is 0.315 e. The summed E-state index contributed by atoms with van der Waals surface area (Å²) in [5.74, 6) is -0.664. The lowest BCUT2D eigenvalue weighted by atomic mass is 10.2. The molecule has 1 N–H and O–H groups in total. The Labute approximate surface area is 101 Å². The third kappa shape index (κ3) is 2.50. The zero-order valence-corrected chi connectivity index (χ0v) is 9.47. The summed E-state index contributed by atoms with van der Waals surface area (Å²) in [5, 5.41) is 9.74. The average Bonchev–Trinajstić information content (AvgIpc) is 2.76. The standard InChI is InChI=1S/C11H10F2N4O/c1-17-6-14-16-10(17)7-2-4-8(5-3-7)15-11(18)9(12)13/h2-6,9H,1H3,(H,15,18). The first kappa shape index (κ1) is 12.2. The Morgan fingerprint density at radius 2 is 2.00 bits per heavy atom. The molecule has 0 aliphatic heterocycles. The summed E-state index contributed by atoms with van der Waals surface area (Å²) in [7, 11) is 1.79. The number of carbonyl (C=O) groups is 1. The van der Waals surface area contributed by atoms with Crippen LogP contribution in [0.5, 0.6) is 0 Å². The molecule has 0 saturated carbocycles. The Bertz CT molecular complexity index is 550. The molecule has 1 aromatic carbocycles. The van der Waals surface area contributed by atoms with Crippen molar-refractivity contribution in [3.63, 3.8) is 0 Å². The molecule has 2 rings (SSSR count). The molecule has 0 unspecified atom stereocenters. The maximum absolute atomic E-state index is 12.0. The van der Waals surface area contributed by atoms with Gasteiger partial charge in [-0.1, -0.05) is 0 Å². The van der Waals surface area contributed by atoms with Gasteiger partial charge in [0.15, 0.2) is 5.82 Å². The van der Waals surface area contributed by atoms with Gasteiger partial charge in [-0.05, 0) is 24.3 Å². The highest BCUT2D eigenvalue weighted by Gasteiger charge is 2.14. The van der Waals surface area contributed by atoms with E-state index in [1.54, 1.807) is 30.1 Å². The van der Waals surface area contributed by atoms with E-state index in [-0.39, 0.29) is 0 Å². The van der Waals surface area contributed by atoms with Crippen LogP contribution in [-0.2, 0) is 11.8 Å². The first-order valence-corrected chi connectivity index (χ1v) is 5.11. The van der Waals surface area contributed by atoms with Gasteiger partial charge in [0.1, 0.15) is 6.33 Å². The minimum Gasteiger partial charge on any atom is -0.321 e. The van der Waals surface area contributed by atoms with Crippen LogP contribution in [0.2, 0.25) is 0 Å². The van der Waals surface area contributed by atoms with Crippen molar-refractivity contribution in [1.82, 2.24) is 14.8 Å². The molecule has 0 bridgehead atoms. The van der Waals surface area contributed by atoms with Crippen molar-refractivity contribution in [2.24, 2.45) is 7.05 Å². The highest BCUT2D eigenvalue weighted by atomic mass is 19.3. The van der Waals surface area contributed by atoms with Crippen molar-refractivity contribution in [2.75, 3.05) is 5.32 Å². The largest absolute Gasteiger partial charge is 0.321 e. The van der Waals surface area contributed by atoms with E-state index in [1.165, 1.54) is 12.1 Å². The number of nitrogens with one attached hydrogen (secondary N) is 1. The van der Waals surface area contributed by atoms with Crippen LogP contribution in [0.1, 0.15) is 0 Å². The molecule has 0 radical (unpaired) electrons. The lowest BCUT2D eigenvalue weighted by molar-refractivity contribution is -0.126. The second-order valence-corrected chi connectivity index (χ2v) is 3.63. The van der Waals surface area contributed by atoms with Crippen molar-refractivity contribution < 1.29 is 13.6 Å². The monoisotopic (exact) mass is 252 g/mol. The van der Waals surface area contributed by atoms with Gasteiger partial charge in [0, 0.05) is 18.3 Å². The summed E-state index contributed by atoms with van der Waals surface area (Å²) in [6.45, 7) is 0. The van der Waals surface area contributed by atoms with Gasteiger partial charge < -0.3 is 9.88 Å². The highest BCUT2D eigenvalue weighted by molar-refractivity contribution is 5.93. The van der Waals surface area contributed by atoms with Crippen LogP contribution in [0.25, 0.3) is 11.4 Å². The number of hydrogen-bond acceptors (Lipinski definition) is 3. The van der Waals surface area contributed by atoms with Gasteiger partial charge in [-0.15, -0.1) is 10.2 Å². The van der Waals surface area contributed by atoms with Crippen LogP contribution in [0.4, 0.5) is 14.5 Å². The van der Waals surface area contributed by atoms with Crippen LogP contribution < -0.4 is 5.32 Å². The van der Waals surface area contributed by atoms with Crippen LogP contribution in [-0.4, -0.2) is 27.1 Å². The molecule has 7 heteroatoms. The lowest BCUT2D eigenvalue weighted by Gasteiger charge is -2.05. The summed E-state index contributed by atoms with van der Waals surface area (Å²) in [5.41, 5.74) is 1.09. The van der Waals surface area contributed by atoms with E-state index in [0.29, 0.717) is 11.5 Å². The molecule has 1 aromatic heterocycles. The summed E-state index contributed by atoms with van der Waals surface area (Å²) in [6.07, 6.45) is -1.47. The summed E-state index contributed by atoms with van der Waals surface area (Å²) in [4.78, 5) is 10.8. The van der Waals surface area contributed by atoms with Crippen molar-refractivity contribution in [1.29, 1.82) is 0 Å². The minimum atomic E-state index is -3.02. The molecule has 2 aromatic rings. The van der Waals surface area contributed by atoms with Gasteiger partial charge in [0.2, 0.25) is 0 Å². The van der Waals surface area contributed by atoms with Gasteiger partial charge >= 0.3 is 6.43 Å². The third-order valence-corrected chi connectivity index (χ3v) is 2.32. The lowest BCUT2D eigenvalue weighted by Crippen LogP contribution is -2.19. The molecule has 5 nitrogen and oxygen atoms in total. The van der Waals surface area contributed by atoms with E-state index in [9.17, 15) is 13.6 Å². The molecule has 0 saturated heterocycles. The van der Waals surface area contributed by atoms with Crippen molar-refractivity contribution in [3.8, 4) is 11.4 Å². The second-order valence-electron chi connectivity index (χ2n) is 3.63. The molecular weight excluding hydrogens is 242 g/mol. The number of rotatable bonds is 3. The smallest absolute Gasteiger partial charge is 0.315 e. The zero-order chi connectivity index (χ0) is 13.1. The fraction of sp³-hybridized carbons (Fsp3) is 0.182. The summed E-state index contributed by atoms with van der Waals surface area (Å²) in [6, 6.07) is 6.41. The Balaban J connectivity index is 2.16. The fourth-order valence-corrected chi connectivity index (χ4v) is 1.44. The number of halogens is 2.